The zero-order valence-corrected chi connectivity index (χ0v) is 13.2. The average Bonchev–Trinajstić information content (AvgIpc) is 2.48. The smallest absolute Gasteiger partial charge is 0.243 e. The van der Waals surface area contributed by atoms with Gasteiger partial charge in [-0.25, -0.2) is 8.42 Å². The molecule has 1 aliphatic rings. The van der Waals surface area contributed by atoms with E-state index in [2.05, 4.69) is 5.92 Å². The van der Waals surface area contributed by atoms with E-state index in [1.54, 1.807) is 12.1 Å². The van der Waals surface area contributed by atoms with Gasteiger partial charge in [0.2, 0.25) is 10.0 Å². The molecule has 0 spiro atoms. The van der Waals surface area contributed by atoms with Crippen LogP contribution in [0.5, 0.6) is 0 Å². The van der Waals surface area contributed by atoms with Crippen LogP contribution in [-0.4, -0.2) is 39.0 Å². The van der Waals surface area contributed by atoms with Crippen LogP contribution in [0.3, 0.4) is 0 Å². The SMILES string of the molecule is C#CCOCC1CCCN(S(=O)(=O)c2ccc(Cl)cc2)C1. The average molecular weight is 328 g/mol. The molecule has 0 aliphatic carbocycles. The van der Waals surface area contributed by atoms with Gasteiger partial charge in [-0.3, -0.25) is 0 Å². The Hall–Kier alpha value is -1.06. The fourth-order valence-corrected chi connectivity index (χ4v) is 4.10. The topological polar surface area (TPSA) is 46.6 Å². The number of ether oxygens (including phenoxy) is 1. The van der Waals surface area contributed by atoms with E-state index in [-0.39, 0.29) is 17.4 Å². The Morgan fingerprint density at radius 1 is 1.38 bits per heavy atom. The quantitative estimate of drug-likeness (QED) is 0.616. The first-order chi connectivity index (χ1) is 10.0. The fourth-order valence-electron chi connectivity index (χ4n) is 2.42. The standard InChI is InChI=1S/C15H18ClNO3S/c1-2-10-20-12-13-4-3-9-17(11-13)21(18,19)15-7-5-14(16)6-8-15/h1,5-8,13H,3-4,9-12H2. The summed E-state index contributed by atoms with van der Waals surface area (Å²) >= 11 is 5.80. The van der Waals surface area contributed by atoms with Crippen molar-refractivity contribution in [1.82, 2.24) is 4.31 Å². The number of hydrogen-bond donors (Lipinski definition) is 0. The lowest BCUT2D eigenvalue weighted by Gasteiger charge is -2.31. The molecule has 1 aromatic carbocycles. The summed E-state index contributed by atoms with van der Waals surface area (Å²) in [6, 6.07) is 6.25. The van der Waals surface area contributed by atoms with E-state index in [1.807, 2.05) is 0 Å². The number of piperidine rings is 1. The summed E-state index contributed by atoms with van der Waals surface area (Å²) in [5, 5.41) is 0.521. The van der Waals surface area contributed by atoms with E-state index >= 15 is 0 Å². The van der Waals surface area contributed by atoms with Crippen LogP contribution >= 0.6 is 11.6 Å². The molecule has 1 fully saturated rings. The van der Waals surface area contributed by atoms with Gasteiger partial charge in [0.1, 0.15) is 6.61 Å². The zero-order chi connectivity index (χ0) is 15.3. The van der Waals surface area contributed by atoms with E-state index in [0.29, 0.717) is 24.7 Å². The first kappa shape index (κ1) is 16.3. The van der Waals surface area contributed by atoms with Crippen LogP contribution < -0.4 is 0 Å². The first-order valence-electron chi connectivity index (χ1n) is 6.81. The van der Waals surface area contributed by atoms with Gasteiger partial charge in [-0.05, 0) is 43.0 Å². The minimum Gasteiger partial charge on any atom is -0.368 e. The van der Waals surface area contributed by atoms with Crippen molar-refractivity contribution >= 4 is 21.6 Å². The highest BCUT2D eigenvalue weighted by Gasteiger charge is 2.30. The molecule has 0 amide bonds. The molecule has 0 radical (unpaired) electrons. The van der Waals surface area contributed by atoms with Crippen LogP contribution in [-0.2, 0) is 14.8 Å². The molecule has 21 heavy (non-hydrogen) atoms. The Kier molecular flexibility index (Phi) is 5.65. The summed E-state index contributed by atoms with van der Waals surface area (Å²) in [6.45, 7) is 1.77. The highest BCUT2D eigenvalue weighted by atomic mass is 35.5. The van der Waals surface area contributed by atoms with E-state index < -0.39 is 10.0 Å². The number of nitrogens with zero attached hydrogens (tertiary/aromatic N) is 1. The largest absolute Gasteiger partial charge is 0.368 e. The van der Waals surface area contributed by atoms with Crippen molar-refractivity contribution < 1.29 is 13.2 Å². The van der Waals surface area contributed by atoms with Crippen molar-refractivity contribution in [3.8, 4) is 12.3 Å². The number of benzene rings is 1. The first-order valence-corrected chi connectivity index (χ1v) is 8.63. The maximum Gasteiger partial charge on any atom is 0.243 e. The number of hydrogen-bond acceptors (Lipinski definition) is 3. The Morgan fingerprint density at radius 2 is 2.10 bits per heavy atom. The number of sulfonamides is 1. The maximum absolute atomic E-state index is 12.6. The lowest BCUT2D eigenvalue weighted by atomic mass is 10.0. The molecule has 4 nitrogen and oxygen atoms in total. The molecule has 6 heteroatoms. The second-order valence-corrected chi connectivity index (χ2v) is 7.42. The van der Waals surface area contributed by atoms with Gasteiger partial charge < -0.3 is 4.74 Å². The van der Waals surface area contributed by atoms with E-state index in [4.69, 9.17) is 22.8 Å². The fraction of sp³-hybridized carbons (Fsp3) is 0.467. The third-order valence-electron chi connectivity index (χ3n) is 3.47. The third-order valence-corrected chi connectivity index (χ3v) is 5.60. The van der Waals surface area contributed by atoms with E-state index in [0.717, 1.165) is 12.8 Å². The van der Waals surface area contributed by atoms with Crippen LogP contribution in [0.2, 0.25) is 5.02 Å². The van der Waals surface area contributed by atoms with Crippen molar-refractivity contribution in [3.05, 3.63) is 29.3 Å². The van der Waals surface area contributed by atoms with Gasteiger partial charge in [-0.15, -0.1) is 6.42 Å². The normalized spacial score (nSPS) is 20.1. The van der Waals surface area contributed by atoms with Crippen molar-refractivity contribution in [2.75, 3.05) is 26.3 Å². The van der Waals surface area contributed by atoms with Crippen molar-refractivity contribution in [3.63, 3.8) is 0 Å². The Bertz CT molecular complexity index is 607. The second kappa shape index (κ2) is 7.28. The van der Waals surface area contributed by atoms with Gasteiger partial charge in [0.25, 0.3) is 0 Å². The number of rotatable bonds is 5. The van der Waals surface area contributed by atoms with Crippen LogP contribution in [0.15, 0.2) is 29.2 Å². The molecule has 0 saturated carbocycles. The lowest BCUT2D eigenvalue weighted by Crippen LogP contribution is -2.41. The summed E-state index contributed by atoms with van der Waals surface area (Å²) in [7, 11) is -3.46. The van der Waals surface area contributed by atoms with Crippen molar-refractivity contribution in [2.24, 2.45) is 5.92 Å². The summed E-state index contributed by atoms with van der Waals surface area (Å²) in [5.74, 6) is 2.60. The van der Waals surface area contributed by atoms with Gasteiger partial charge in [0.15, 0.2) is 0 Å². The minimum absolute atomic E-state index is 0.189. The van der Waals surface area contributed by atoms with Crippen molar-refractivity contribution in [2.45, 2.75) is 17.7 Å². The molecule has 1 heterocycles. The van der Waals surface area contributed by atoms with Crippen LogP contribution in [0.4, 0.5) is 0 Å². The summed E-state index contributed by atoms with van der Waals surface area (Å²) in [5.41, 5.74) is 0. The molecular weight excluding hydrogens is 310 g/mol. The second-order valence-electron chi connectivity index (χ2n) is 5.04. The van der Waals surface area contributed by atoms with Crippen LogP contribution in [0.25, 0.3) is 0 Å². The summed E-state index contributed by atoms with van der Waals surface area (Å²) in [4.78, 5) is 0.275. The molecule has 0 bridgehead atoms. The molecule has 1 saturated heterocycles. The number of halogens is 1. The van der Waals surface area contributed by atoms with E-state index in [1.165, 1.54) is 16.4 Å². The maximum atomic E-state index is 12.6. The Morgan fingerprint density at radius 3 is 2.76 bits per heavy atom. The van der Waals surface area contributed by atoms with Crippen LogP contribution in [0, 0.1) is 18.3 Å². The van der Waals surface area contributed by atoms with E-state index in [9.17, 15) is 8.42 Å². The highest BCUT2D eigenvalue weighted by molar-refractivity contribution is 7.89. The van der Waals surface area contributed by atoms with Gasteiger partial charge in [0, 0.05) is 18.1 Å². The van der Waals surface area contributed by atoms with Gasteiger partial charge in [-0.2, -0.15) is 4.31 Å². The molecule has 114 valence electrons. The minimum atomic E-state index is -3.46. The Labute approximate surface area is 131 Å². The third kappa shape index (κ3) is 4.21. The van der Waals surface area contributed by atoms with Gasteiger partial charge in [0.05, 0.1) is 11.5 Å². The van der Waals surface area contributed by atoms with Crippen LogP contribution in [0.1, 0.15) is 12.8 Å². The molecule has 2 rings (SSSR count). The molecule has 1 unspecified atom stereocenters. The zero-order valence-electron chi connectivity index (χ0n) is 11.7. The predicted molar refractivity (Wildman–Crippen MR) is 82.6 cm³/mol. The molecule has 1 aliphatic heterocycles. The molecule has 0 aromatic heterocycles. The highest BCUT2D eigenvalue weighted by Crippen LogP contribution is 2.24. The summed E-state index contributed by atoms with van der Waals surface area (Å²) < 4.78 is 32.0. The molecular formula is C15H18ClNO3S. The molecule has 1 atom stereocenters. The summed E-state index contributed by atoms with van der Waals surface area (Å²) in [6.07, 6.45) is 6.92. The van der Waals surface area contributed by atoms with Gasteiger partial charge in [-0.1, -0.05) is 17.5 Å². The Balaban J connectivity index is 2.06. The van der Waals surface area contributed by atoms with Gasteiger partial charge >= 0.3 is 0 Å². The lowest BCUT2D eigenvalue weighted by molar-refractivity contribution is 0.0990. The monoisotopic (exact) mass is 327 g/mol. The number of terminal acetylenes is 1. The molecule has 1 aromatic rings. The van der Waals surface area contributed by atoms with Crippen molar-refractivity contribution in [1.29, 1.82) is 0 Å². The molecule has 0 N–H and O–H groups in total. The predicted octanol–water partition coefficient (Wildman–Crippen LogP) is 2.39.